The van der Waals surface area contributed by atoms with Crippen LogP contribution in [0.15, 0.2) is 18.7 Å². The van der Waals surface area contributed by atoms with Crippen molar-refractivity contribution in [3.8, 4) is 0 Å². The summed E-state index contributed by atoms with van der Waals surface area (Å²) in [6.07, 6.45) is 4.85. The Morgan fingerprint density at radius 3 is 3.20 bits per heavy atom. The van der Waals surface area contributed by atoms with Gasteiger partial charge in [0, 0.05) is 31.7 Å². The monoisotopic (exact) mass is 347 g/mol. The molecule has 0 N–H and O–H groups in total. The number of nitrogens with zero attached hydrogens (tertiary/aromatic N) is 3. The van der Waals surface area contributed by atoms with Crippen LogP contribution in [0.2, 0.25) is 0 Å². The van der Waals surface area contributed by atoms with Crippen LogP contribution in [0, 0.1) is 12.3 Å². The number of carbonyl (C=O) groups is 1. The molecule has 2 aliphatic rings. The zero-order valence-electron chi connectivity index (χ0n) is 15.4. The van der Waals surface area contributed by atoms with Crippen molar-refractivity contribution in [2.45, 2.75) is 45.8 Å². The van der Waals surface area contributed by atoms with Crippen LogP contribution < -0.4 is 0 Å². The first-order chi connectivity index (χ1) is 12.1. The molecular weight excluding hydrogens is 318 g/mol. The van der Waals surface area contributed by atoms with E-state index in [4.69, 9.17) is 9.47 Å². The van der Waals surface area contributed by atoms with E-state index in [9.17, 15) is 4.79 Å². The second-order valence-electron chi connectivity index (χ2n) is 7.13. The molecule has 0 unspecified atom stereocenters. The largest absolute Gasteiger partial charge is 0.377 e. The summed E-state index contributed by atoms with van der Waals surface area (Å²) in [7, 11) is 0. The lowest BCUT2D eigenvalue weighted by atomic mass is 9.73. The van der Waals surface area contributed by atoms with Crippen LogP contribution in [0.4, 0.5) is 0 Å². The van der Waals surface area contributed by atoms with Crippen LogP contribution in [0.3, 0.4) is 0 Å². The minimum Gasteiger partial charge on any atom is -0.377 e. The van der Waals surface area contributed by atoms with E-state index in [1.807, 2.05) is 24.8 Å². The normalized spacial score (nSPS) is 26.3. The molecule has 0 radical (unpaired) electrons. The fraction of sp³-hybridized carbons (Fsp3) is 0.684. The SMILES string of the molecule is C=CCOC[C@@]12CCCO[C@@H]1CCN(C(=O)c1cc(C)nn1CC)C2. The number of amides is 1. The van der Waals surface area contributed by atoms with Gasteiger partial charge < -0.3 is 14.4 Å². The maximum Gasteiger partial charge on any atom is 0.272 e. The molecule has 0 aromatic carbocycles. The van der Waals surface area contributed by atoms with Gasteiger partial charge in [0.1, 0.15) is 5.69 Å². The summed E-state index contributed by atoms with van der Waals surface area (Å²) in [6, 6.07) is 1.89. The van der Waals surface area contributed by atoms with Crippen LogP contribution in [-0.2, 0) is 16.0 Å². The Morgan fingerprint density at radius 1 is 1.60 bits per heavy atom. The van der Waals surface area contributed by atoms with Crippen LogP contribution in [0.1, 0.15) is 42.4 Å². The molecule has 1 aromatic rings. The zero-order valence-corrected chi connectivity index (χ0v) is 15.4. The van der Waals surface area contributed by atoms with Gasteiger partial charge in [0.05, 0.1) is 25.0 Å². The number of ether oxygens (including phenoxy) is 2. The summed E-state index contributed by atoms with van der Waals surface area (Å²) in [6.45, 7) is 11.7. The van der Waals surface area contributed by atoms with Gasteiger partial charge in [0.25, 0.3) is 5.91 Å². The molecule has 2 fully saturated rings. The van der Waals surface area contributed by atoms with E-state index < -0.39 is 0 Å². The molecule has 2 saturated heterocycles. The van der Waals surface area contributed by atoms with E-state index in [0.717, 1.165) is 38.1 Å². The molecule has 0 aliphatic carbocycles. The molecule has 2 aliphatic heterocycles. The van der Waals surface area contributed by atoms with Gasteiger partial charge in [-0.05, 0) is 39.2 Å². The lowest BCUT2D eigenvalue weighted by Crippen LogP contribution is -2.58. The van der Waals surface area contributed by atoms with E-state index in [0.29, 0.717) is 32.0 Å². The van der Waals surface area contributed by atoms with E-state index in [1.165, 1.54) is 0 Å². The van der Waals surface area contributed by atoms with Crippen molar-refractivity contribution in [3.05, 3.63) is 30.1 Å². The third-order valence-corrected chi connectivity index (χ3v) is 5.32. The molecule has 6 heteroatoms. The average Bonchev–Trinajstić information content (AvgIpc) is 3.01. The molecule has 2 atom stereocenters. The minimum absolute atomic E-state index is 0.0644. The Bertz CT molecular complexity index is 627. The number of rotatable bonds is 6. The highest BCUT2D eigenvalue weighted by Crippen LogP contribution is 2.40. The van der Waals surface area contributed by atoms with Gasteiger partial charge in [-0.25, -0.2) is 0 Å². The van der Waals surface area contributed by atoms with Gasteiger partial charge >= 0.3 is 0 Å². The van der Waals surface area contributed by atoms with E-state index in [-0.39, 0.29) is 17.4 Å². The molecule has 0 saturated carbocycles. The van der Waals surface area contributed by atoms with Gasteiger partial charge in [-0.15, -0.1) is 6.58 Å². The Balaban J connectivity index is 1.78. The summed E-state index contributed by atoms with van der Waals surface area (Å²) < 4.78 is 13.6. The van der Waals surface area contributed by atoms with Gasteiger partial charge in [-0.2, -0.15) is 5.10 Å². The van der Waals surface area contributed by atoms with Crippen molar-refractivity contribution in [3.63, 3.8) is 0 Å². The molecule has 6 nitrogen and oxygen atoms in total. The number of hydrogen-bond donors (Lipinski definition) is 0. The number of likely N-dealkylation sites (tertiary alicyclic amines) is 1. The molecule has 0 spiro atoms. The molecule has 1 aromatic heterocycles. The number of fused-ring (bicyclic) bond motifs is 1. The van der Waals surface area contributed by atoms with Crippen molar-refractivity contribution >= 4 is 5.91 Å². The second kappa shape index (κ2) is 7.70. The lowest BCUT2D eigenvalue weighted by molar-refractivity contribution is -0.144. The van der Waals surface area contributed by atoms with Gasteiger partial charge in [-0.3, -0.25) is 9.48 Å². The predicted octanol–water partition coefficient (Wildman–Crippen LogP) is 2.43. The molecule has 25 heavy (non-hydrogen) atoms. The average molecular weight is 347 g/mol. The quantitative estimate of drug-likeness (QED) is 0.586. The van der Waals surface area contributed by atoms with Crippen LogP contribution in [0.25, 0.3) is 0 Å². The molecule has 3 rings (SSSR count). The highest BCUT2D eigenvalue weighted by Gasteiger charge is 2.47. The Labute approximate surface area is 149 Å². The zero-order chi connectivity index (χ0) is 17.9. The summed E-state index contributed by atoms with van der Waals surface area (Å²) >= 11 is 0. The fourth-order valence-corrected chi connectivity index (χ4v) is 4.14. The number of carbonyl (C=O) groups excluding carboxylic acids is 1. The maximum absolute atomic E-state index is 13.1. The van der Waals surface area contributed by atoms with Gasteiger partial charge in [0.15, 0.2) is 0 Å². The summed E-state index contributed by atoms with van der Waals surface area (Å²) in [5, 5.41) is 4.41. The third-order valence-electron chi connectivity index (χ3n) is 5.32. The molecular formula is C19H29N3O3. The maximum atomic E-state index is 13.1. The molecule has 1 amide bonds. The summed E-state index contributed by atoms with van der Waals surface area (Å²) in [5.74, 6) is 0.0644. The number of aryl methyl sites for hydroxylation is 2. The summed E-state index contributed by atoms with van der Waals surface area (Å²) in [5.41, 5.74) is 1.45. The Kier molecular flexibility index (Phi) is 5.59. The highest BCUT2D eigenvalue weighted by molar-refractivity contribution is 5.92. The van der Waals surface area contributed by atoms with Crippen LogP contribution in [-0.4, -0.2) is 59.6 Å². The van der Waals surface area contributed by atoms with Crippen molar-refractivity contribution in [2.24, 2.45) is 5.41 Å². The number of piperidine rings is 1. The van der Waals surface area contributed by atoms with Crippen LogP contribution in [0.5, 0.6) is 0 Å². The van der Waals surface area contributed by atoms with Crippen molar-refractivity contribution in [2.75, 3.05) is 32.9 Å². The smallest absolute Gasteiger partial charge is 0.272 e. The van der Waals surface area contributed by atoms with Gasteiger partial charge in [0.2, 0.25) is 0 Å². The predicted molar refractivity (Wildman–Crippen MR) is 95.6 cm³/mol. The second-order valence-corrected chi connectivity index (χ2v) is 7.13. The molecule has 3 heterocycles. The van der Waals surface area contributed by atoms with Crippen molar-refractivity contribution < 1.29 is 14.3 Å². The van der Waals surface area contributed by atoms with Crippen molar-refractivity contribution in [1.82, 2.24) is 14.7 Å². The number of aromatic nitrogens is 2. The molecule has 0 bridgehead atoms. The van der Waals surface area contributed by atoms with Gasteiger partial charge in [-0.1, -0.05) is 6.08 Å². The number of hydrogen-bond acceptors (Lipinski definition) is 4. The first kappa shape index (κ1) is 18.1. The summed E-state index contributed by atoms with van der Waals surface area (Å²) in [4.78, 5) is 15.1. The first-order valence-corrected chi connectivity index (χ1v) is 9.23. The van der Waals surface area contributed by atoms with Crippen LogP contribution >= 0.6 is 0 Å². The Hall–Kier alpha value is -1.66. The van der Waals surface area contributed by atoms with E-state index in [1.54, 1.807) is 10.8 Å². The lowest BCUT2D eigenvalue weighted by Gasteiger charge is -2.50. The Morgan fingerprint density at radius 2 is 2.44 bits per heavy atom. The minimum atomic E-state index is -0.110. The third kappa shape index (κ3) is 3.65. The standard InChI is InChI=1S/C19H29N3O3/c1-4-10-24-14-19-8-6-11-25-17(19)7-9-21(13-19)18(23)16-12-15(3)20-22(16)5-2/h4,12,17H,1,5-11,13-14H2,2-3H3/t17-,19+/m1/s1. The molecule has 138 valence electrons. The van der Waals surface area contributed by atoms with E-state index >= 15 is 0 Å². The fourth-order valence-electron chi connectivity index (χ4n) is 4.14. The van der Waals surface area contributed by atoms with E-state index in [2.05, 4.69) is 11.7 Å². The first-order valence-electron chi connectivity index (χ1n) is 9.23. The van der Waals surface area contributed by atoms with Crippen molar-refractivity contribution in [1.29, 1.82) is 0 Å². The topological polar surface area (TPSA) is 56.6 Å². The highest BCUT2D eigenvalue weighted by atomic mass is 16.5.